The summed E-state index contributed by atoms with van der Waals surface area (Å²) in [4.78, 5) is 13.7. The highest BCUT2D eigenvalue weighted by molar-refractivity contribution is 7.93. The van der Waals surface area contributed by atoms with E-state index >= 15 is 0 Å². The summed E-state index contributed by atoms with van der Waals surface area (Å²) < 4.78 is 26.0. The highest BCUT2D eigenvalue weighted by Crippen LogP contribution is 2.16. The van der Waals surface area contributed by atoms with Crippen LogP contribution < -0.4 is 0 Å². The van der Waals surface area contributed by atoms with Gasteiger partial charge in [-0.1, -0.05) is 29.8 Å². The first kappa shape index (κ1) is 19.7. The van der Waals surface area contributed by atoms with Crippen LogP contribution in [-0.4, -0.2) is 35.9 Å². The van der Waals surface area contributed by atoms with Crippen molar-refractivity contribution in [1.82, 2.24) is 4.90 Å². The predicted octanol–water partition coefficient (Wildman–Crippen LogP) is 4.14. The summed E-state index contributed by atoms with van der Waals surface area (Å²) in [6.07, 6.45) is 1.64. The minimum atomic E-state index is -1.22. The Hall–Kier alpha value is -1.66. The maximum absolute atomic E-state index is 13.9. The second-order valence-electron chi connectivity index (χ2n) is 5.85. The molecule has 0 N–H and O–H groups in total. The maximum atomic E-state index is 13.9. The molecule has 3 nitrogen and oxygen atoms in total. The summed E-state index contributed by atoms with van der Waals surface area (Å²) in [5.41, 5.74) is 1.58. The van der Waals surface area contributed by atoms with Crippen molar-refractivity contribution in [2.24, 2.45) is 0 Å². The summed E-state index contributed by atoms with van der Waals surface area (Å²) in [6, 6.07) is 11.4. The molecule has 0 heterocycles. The average Bonchev–Trinajstić information content (AvgIpc) is 2.55. The molecule has 1 atom stereocenters. The van der Waals surface area contributed by atoms with Crippen molar-refractivity contribution in [3.63, 3.8) is 0 Å². The Labute approximate surface area is 155 Å². The van der Waals surface area contributed by atoms with Crippen LogP contribution in [0.2, 0.25) is 5.02 Å². The van der Waals surface area contributed by atoms with Crippen LogP contribution in [-0.2, 0) is 16.9 Å². The number of rotatable bonds is 7. The Bertz CT molecular complexity index is 763. The molecule has 2 aromatic rings. The molecule has 0 radical (unpaired) electrons. The normalized spacial score (nSPS) is 12.7. The Balaban J connectivity index is 2.07. The van der Waals surface area contributed by atoms with Gasteiger partial charge < -0.3 is 9.45 Å². The van der Waals surface area contributed by atoms with Gasteiger partial charge in [-0.2, -0.15) is 0 Å². The van der Waals surface area contributed by atoms with E-state index in [-0.39, 0.29) is 17.9 Å². The summed E-state index contributed by atoms with van der Waals surface area (Å²) in [5.74, 6) is -0.479. The first-order chi connectivity index (χ1) is 11.8. The van der Waals surface area contributed by atoms with E-state index in [4.69, 9.17) is 11.6 Å². The largest absolute Gasteiger partial charge is 0.612 e. The molecule has 6 heteroatoms. The van der Waals surface area contributed by atoms with Gasteiger partial charge in [0, 0.05) is 10.6 Å². The number of nitrogens with zero attached hydrogens (tertiary/aromatic N) is 1. The minimum Gasteiger partial charge on any atom is -0.612 e. The number of ketones is 1. The third kappa shape index (κ3) is 6.29. The zero-order chi connectivity index (χ0) is 18.4. The highest BCUT2D eigenvalue weighted by atomic mass is 35.5. The van der Waals surface area contributed by atoms with Crippen LogP contribution in [0.5, 0.6) is 0 Å². The molecule has 0 bridgehead atoms. The minimum absolute atomic E-state index is 0.0410. The van der Waals surface area contributed by atoms with Gasteiger partial charge >= 0.3 is 0 Å². The maximum Gasteiger partial charge on any atom is 0.179 e. The van der Waals surface area contributed by atoms with E-state index in [0.29, 0.717) is 16.3 Å². The molecule has 0 fully saturated rings. The number of halogens is 2. The van der Waals surface area contributed by atoms with Crippen LogP contribution in [0, 0.1) is 5.82 Å². The van der Waals surface area contributed by atoms with E-state index in [1.165, 1.54) is 12.1 Å². The fourth-order valence-electron chi connectivity index (χ4n) is 2.18. The number of carbonyl (C=O) groups is 1. The molecule has 132 valence electrons. The lowest BCUT2D eigenvalue weighted by Gasteiger charge is -2.09. The second-order valence-corrected chi connectivity index (χ2v) is 7.61. The molecular formula is C19H19ClFNO2S. The van der Waals surface area contributed by atoms with Gasteiger partial charge in [-0.05, 0) is 61.2 Å². The quantitative estimate of drug-likeness (QED) is 0.536. The first-order valence-corrected chi connectivity index (χ1v) is 9.38. The van der Waals surface area contributed by atoms with Crippen molar-refractivity contribution in [1.29, 1.82) is 0 Å². The van der Waals surface area contributed by atoms with Crippen molar-refractivity contribution in [3.05, 3.63) is 75.4 Å². The zero-order valence-electron chi connectivity index (χ0n) is 14.0. The van der Waals surface area contributed by atoms with Crippen molar-refractivity contribution in [2.75, 3.05) is 20.6 Å². The van der Waals surface area contributed by atoms with Gasteiger partial charge in [-0.15, -0.1) is 0 Å². The van der Waals surface area contributed by atoms with Crippen LogP contribution in [0.25, 0.3) is 6.08 Å². The van der Waals surface area contributed by atoms with Crippen LogP contribution in [0.4, 0.5) is 4.39 Å². The first-order valence-electron chi connectivity index (χ1n) is 7.62. The molecule has 2 rings (SSSR count). The molecule has 25 heavy (non-hydrogen) atoms. The van der Waals surface area contributed by atoms with Gasteiger partial charge in [0.15, 0.2) is 5.78 Å². The van der Waals surface area contributed by atoms with Gasteiger partial charge in [-0.3, -0.25) is 4.79 Å². The summed E-state index contributed by atoms with van der Waals surface area (Å²) >= 11 is 4.60. The van der Waals surface area contributed by atoms with E-state index in [0.717, 1.165) is 5.56 Å². The fourth-order valence-corrected chi connectivity index (χ4v) is 3.23. The smallest absolute Gasteiger partial charge is 0.179 e. The van der Waals surface area contributed by atoms with Gasteiger partial charge in [-0.25, -0.2) is 4.39 Å². The third-order valence-corrected chi connectivity index (χ3v) is 4.69. The molecule has 1 unspecified atom stereocenters. The number of likely N-dealkylation sites (N-methyl/N-ethyl adjacent to an activating group) is 1. The number of carbonyl (C=O) groups excluding carboxylic acids is 1. The van der Waals surface area contributed by atoms with Crippen LogP contribution in [0.15, 0.2) is 47.9 Å². The van der Waals surface area contributed by atoms with E-state index in [1.54, 1.807) is 48.7 Å². The van der Waals surface area contributed by atoms with Crippen molar-refractivity contribution >= 4 is 34.6 Å². The Kier molecular flexibility index (Phi) is 7.20. The molecule has 2 aromatic carbocycles. The van der Waals surface area contributed by atoms with Gasteiger partial charge in [0.1, 0.15) is 17.0 Å². The topological polar surface area (TPSA) is 43.4 Å². The Morgan fingerprint density at radius 1 is 1.24 bits per heavy atom. The average molecular weight is 380 g/mol. The lowest BCUT2D eigenvalue weighted by Crippen LogP contribution is -2.22. The molecule has 0 aliphatic heterocycles. The van der Waals surface area contributed by atoms with Crippen LogP contribution >= 0.6 is 11.6 Å². The fraction of sp³-hybridized carbons (Fsp3) is 0.211. The lowest BCUT2D eigenvalue weighted by molar-refractivity contribution is 0.0954. The van der Waals surface area contributed by atoms with E-state index in [2.05, 4.69) is 0 Å². The van der Waals surface area contributed by atoms with Crippen molar-refractivity contribution in [3.8, 4) is 0 Å². The van der Waals surface area contributed by atoms with E-state index in [9.17, 15) is 13.7 Å². The Morgan fingerprint density at radius 3 is 2.56 bits per heavy atom. The molecule has 0 aliphatic rings. The van der Waals surface area contributed by atoms with Crippen molar-refractivity contribution < 1.29 is 13.7 Å². The lowest BCUT2D eigenvalue weighted by atomic mass is 10.1. The number of benzene rings is 2. The van der Waals surface area contributed by atoms with Crippen LogP contribution in [0.3, 0.4) is 0 Å². The van der Waals surface area contributed by atoms with Crippen LogP contribution in [0.1, 0.15) is 21.5 Å². The summed E-state index contributed by atoms with van der Waals surface area (Å²) in [6.45, 7) is 0.132. The van der Waals surface area contributed by atoms with Gasteiger partial charge in [0.2, 0.25) is 0 Å². The summed E-state index contributed by atoms with van der Waals surface area (Å²) in [5, 5.41) is 2.17. The molecule has 0 saturated heterocycles. The number of Topliss-reactive ketones (excluding diaryl/α,β-unsaturated/α-hetero) is 1. The second kappa shape index (κ2) is 9.15. The molecule has 0 amide bonds. The van der Waals surface area contributed by atoms with Gasteiger partial charge in [0.05, 0.1) is 12.1 Å². The third-order valence-electron chi connectivity index (χ3n) is 3.39. The number of hydrogen-bond donors (Lipinski definition) is 0. The molecule has 0 aromatic heterocycles. The van der Waals surface area contributed by atoms with E-state index in [1.807, 2.05) is 12.1 Å². The Morgan fingerprint density at radius 2 is 1.92 bits per heavy atom. The standard InChI is InChI=1S/C19H19ClFNO2S/c1-22(2)12-19(23)17-11-14(5-8-18(17)21)9-10-25(24)13-15-3-6-16(20)7-4-15/h3-11H,12-13H2,1-2H3/b10-9+. The van der Waals surface area contributed by atoms with Gasteiger partial charge in [0.25, 0.3) is 0 Å². The predicted molar refractivity (Wildman–Crippen MR) is 102 cm³/mol. The molecule has 0 aliphatic carbocycles. The van der Waals surface area contributed by atoms with E-state index < -0.39 is 17.0 Å². The zero-order valence-corrected chi connectivity index (χ0v) is 15.6. The molecular weight excluding hydrogens is 361 g/mol. The highest BCUT2D eigenvalue weighted by Gasteiger charge is 2.13. The number of hydrogen-bond acceptors (Lipinski definition) is 3. The monoisotopic (exact) mass is 379 g/mol. The molecule has 0 saturated carbocycles. The van der Waals surface area contributed by atoms with Crippen molar-refractivity contribution in [2.45, 2.75) is 5.75 Å². The summed E-state index contributed by atoms with van der Waals surface area (Å²) in [7, 11) is 3.50. The molecule has 0 spiro atoms. The SMILES string of the molecule is CN(C)CC(=O)c1cc(/C=C/[S+]([O-])Cc2ccc(Cl)cc2)ccc1F.